The second-order valence-corrected chi connectivity index (χ2v) is 5.66. The van der Waals surface area contributed by atoms with Crippen molar-refractivity contribution in [2.45, 2.75) is 64.0 Å². The van der Waals surface area contributed by atoms with Crippen LogP contribution in [0.1, 0.15) is 52.9 Å². The monoisotopic (exact) mass is 256 g/mol. The van der Waals surface area contributed by atoms with Gasteiger partial charge in [-0.15, -0.1) is 0 Å². The molecule has 5 nitrogen and oxygen atoms in total. The number of amides is 1. The third-order valence-electron chi connectivity index (χ3n) is 3.85. The Bertz CT molecular complexity index is 341. The largest absolute Gasteiger partial charge is 0.480 e. The molecule has 0 saturated carbocycles. The number of carboxylic acid groups (broad SMARTS) is 1. The number of nitrogens with two attached hydrogens (primary N) is 1. The molecule has 0 radical (unpaired) electrons. The lowest BCUT2D eigenvalue weighted by atomic mass is 9.85. The summed E-state index contributed by atoms with van der Waals surface area (Å²) in [4.78, 5) is 25.4. The zero-order valence-corrected chi connectivity index (χ0v) is 11.5. The van der Waals surface area contributed by atoms with Crippen LogP contribution in [-0.4, -0.2) is 39.5 Å². The van der Waals surface area contributed by atoms with E-state index in [1.54, 1.807) is 13.8 Å². The standard InChI is InChI=1S/C13H24N2O3/c1-4-7-12(2,14)10(16)15-9-6-5-8-13(15,3)11(17)18/h4-9,14H2,1-3H3,(H,17,18). The van der Waals surface area contributed by atoms with Gasteiger partial charge in [-0.1, -0.05) is 13.3 Å². The van der Waals surface area contributed by atoms with Crippen molar-refractivity contribution in [3.8, 4) is 0 Å². The summed E-state index contributed by atoms with van der Waals surface area (Å²) in [6.07, 6.45) is 3.54. The molecule has 0 bridgehead atoms. The van der Waals surface area contributed by atoms with Crippen LogP contribution in [0.5, 0.6) is 0 Å². The zero-order chi connectivity index (χ0) is 14.0. The predicted molar refractivity (Wildman–Crippen MR) is 69.1 cm³/mol. The Kier molecular flexibility index (Phi) is 4.37. The molecule has 1 fully saturated rings. The van der Waals surface area contributed by atoms with Crippen molar-refractivity contribution in [1.82, 2.24) is 4.90 Å². The van der Waals surface area contributed by atoms with Gasteiger partial charge in [0.05, 0.1) is 5.54 Å². The molecule has 104 valence electrons. The van der Waals surface area contributed by atoms with Gasteiger partial charge in [0, 0.05) is 6.54 Å². The maximum Gasteiger partial charge on any atom is 0.329 e. The number of piperidine rings is 1. The van der Waals surface area contributed by atoms with Gasteiger partial charge in [0.1, 0.15) is 5.54 Å². The number of rotatable bonds is 4. The Labute approximate surface area is 108 Å². The summed E-state index contributed by atoms with van der Waals surface area (Å²) in [5, 5.41) is 9.38. The molecule has 1 rings (SSSR count). The molecule has 0 aliphatic carbocycles. The van der Waals surface area contributed by atoms with E-state index in [4.69, 9.17) is 5.73 Å². The predicted octanol–water partition coefficient (Wildman–Crippen LogP) is 1.36. The van der Waals surface area contributed by atoms with Gasteiger partial charge in [-0.2, -0.15) is 0 Å². The summed E-state index contributed by atoms with van der Waals surface area (Å²) in [5.74, 6) is -1.18. The molecule has 0 aromatic carbocycles. The quantitative estimate of drug-likeness (QED) is 0.795. The summed E-state index contributed by atoms with van der Waals surface area (Å²) < 4.78 is 0. The van der Waals surface area contributed by atoms with Crippen molar-refractivity contribution in [1.29, 1.82) is 0 Å². The van der Waals surface area contributed by atoms with E-state index in [0.29, 0.717) is 19.4 Å². The number of hydrogen-bond donors (Lipinski definition) is 2. The number of aliphatic carboxylic acids is 1. The molecule has 2 unspecified atom stereocenters. The molecule has 1 aliphatic rings. The van der Waals surface area contributed by atoms with E-state index in [2.05, 4.69) is 0 Å². The van der Waals surface area contributed by atoms with Gasteiger partial charge in [0.25, 0.3) is 0 Å². The smallest absolute Gasteiger partial charge is 0.329 e. The highest BCUT2D eigenvalue weighted by molar-refractivity contribution is 5.91. The molecular formula is C13H24N2O3. The highest BCUT2D eigenvalue weighted by Crippen LogP contribution is 2.30. The third kappa shape index (κ3) is 2.66. The Balaban J connectivity index is 2.98. The number of likely N-dealkylation sites (tertiary alicyclic amines) is 1. The molecule has 0 aromatic rings. The van der Waals surface area contributed by atoms with Crippen molar-refractivity contribution in [3.05, 3.63) is 0 Å². The Morgan fingerprint density at radius 3 is 2.56 bits per heavy atom. The van der Waals surface area contributed by atoms with Crippen LogP contribution in [-0.2, 0) is 9.59 Å². The molecule has 18 heavy (non-hydrogen) atoms. The van der Waals surface area contributed by atoms with Gasteiger partial charge in [0.2, 0.25) is 5.91 Å². The molecule has 0 spiro atoms. The Morgan fingerprint density at radius 1 is 1.44 bits per heavy atom. The average Bonchev–Trinajstić information content (AvgIpc) is 2.28. The van der Waals surface area contributed by atoms with Crippen molar-refractivity contribution in [3.63, 3.8) is 0 Å². The van der Waals surface area contributed by atoms with E-state index < -0.39 is 17.0 Å². The number of nitrogens with zero attached hydrogens (tertiary/aromatic N) is 1. The summed E-state index contributed by atoms with van der Waals surface area (Å²) in [6.45, 7) is 5.76. The van der Waals surface area contributed by atoms with E-state index in [9.17, 15) is 14.7 Å². The van der Waals surface area contributed by atoms with E-state index in [0.717, 1.165) is 19.3 Å². The summed E-state index contributed by atoms with van der Waals surface area (Å²) in [7, 11) is 0. The number of hydrogen-bond acceptors (Lipinski definition) is 3. The second kappa shape index (κ2) is 5.26. The van der Waals surface area contributed by atoms with Gasteiger partial charge in [0.15, 0.2) is 0 Å². The van der Waals surface area contributed by atoms with Crippen LogP contribution < -0.4 is 5.73 Å². The van der Waals surface area contributed by atoms with Gasteiger partial charge < -0.3 is 15.7 Å². The van der Waals surface area contributed by atoms with Gasteiger partial charge in [-0.25, -0.2) is 4.79 Å². The number of carbonyl (C=O) groups is 2. The Hall–Kier alpha value is -1.10. The summed E-state index contributed by atoms with van der Waals surface area (Å²) in [6, 6.07) is 0. The molecule has 3 N–H and O–H groups in total. The van der Waals surface area contributed by atoms with E-state index in [-0.39, 0.29) is 5.91 Å². The van der Waals surface area contributed by atoms with Crippen molar-refractivity contribution < 1.29 is 14.7 Å². The molecule has 1 amide bonds. The zero-order valence-electron chi connectivity index (χ0n) is 11.5. The molecule has 1 saturated heterocycles. The van der Waals surface area contributed by atoms with Gasteiger partial charge >= 0.3 is 5.97 Å². The first kappa shape index (κ1) is 15.0. The third-order valence-corrected chi connectivity index (χ3v) is 3.85. The van der Waals surface area contributed by atoms with Crippen LogP contribution in [0.2, 0.25) is 0 Å². The minimum atomic E-state index is -1.11. The van der Waals surface area contributed by atoms with Crippen LogP contribution in [0.3, 0.4) is 0 Å². The SMILES string of the molecule is CCCC(C)(N)C(=O)N1CCCCC1(C)C(=O)O. The maximum atomic E-state index is 12.5. The molecule has 1 heterocycles. The van der Waals surface area contributed by atoms with Gasteiger partial charge in [-0.05, 0) is 39.5 Å². The number of carbonyl (C=O) groups excluding carboxylic acids is 1. The lowest BCUT2D eigenvalue weighted by molar-refractivity contribution is -0.163. The summed E-state index contributed by atoms with van der Waals surface area (Å²) in [5.41, 5.74) is 3.96. The minimum absolute atomic E-state index is 0.242. The average molecular weight is 256 g/mol. The van der Waals surface area contributed by atoms with Crippen LogP contribution in [0.4, 0.5) is 0 Å². The maximum absolute atomic E-state index is 12.5. The highest BCUT2D eigenvalue weighted by Gasteiger charge is 2.47. The molecule has 1 aliphatic heterocycles. The lowest BCUT2D eigenvalue weighted by Gasteiger charge is -2.44. The lowest BCUT2D eigenvalue weighted by Crippen LogP contribution is -2.64. The molecule has 5 heteroatoms. The van der Waals surface area contributed by atoms with E-state index in [1.807, 2.05) is 6.92 Å². The second-order valence-electron chi connectivity index (χ2n) is 5.66. The van der Waals surface area contributed by atoms with Crippen LogP contribution in [0.25, 0.3) is 0 Å². The first-order valence-corrected chi connectivity index (χ1v) is 6.60. The van der Waals surface area contributed by atoms with E-state index in [1.165, 1.54) is 4.90 Å². The van der Waals surface area contributed by atoms with Crippen LogP contribution in [0, 0.1) is 0 Å². The van der Waals surface area contributed by atoms with Crippen LogP contribution in [0.15, 0.2) is 0 Å². The molecule has 0 aromatic heterocycles. The minimum Gasteiger partial charge on any atom is -0.480 e. The Morgan fingerprint density at radius 2 is 2.06 bits per heavy atom. The van der Waals surface area contributed by atoms with Crippen LogP contribution >= 0.6 is 0 Å². The highest BCUT2D eigenvalue weighted by atomic mass is 16.4. The van der Waals surface area contributed by atoms with Gasteiger partial charge in [-0.3, -0.25) is 4.79 Å². The fraction of sp³-hybridized carbons (Fsp3) is 0.846. The van der Waals surface area contributed by atoms with E-state index >= 15 is 0 Å². The van der Waals surface area contributed by atoms with Crippen molar-refractivity contribution in [2.24, 2.45) is 5.73 Å². The molecule has 2 atom stereocenters. The first-order chi connectivity index (χ1) is 8.25. The van der Waals surface area contributed by atoms with Crippen molar-refractivity contribution in [2.75, 3.05) is 6.54 Å². The normalized spacial score (nSPS) is 27.7. The van der Waals surface area contributed by atoms with Crippen molar-refractivity contribution >= 4 is 11.9 Å². The summed E-state index contributed by atoms with van der Waals surface area (Å²) >= 11 is 0. The first-order valence-electron chi connectivity index (χ1n) is 6.60. The fourth-order valence-electron chi connectivity index (χ4n) is 2.60. The molecular weight excluding hydrogens is 232 g/mol. The topological polar surface area (TPSA) is 83.6 Å². The fourth-order valence-corrected chi connectivity index (χ4v) is 2.60. The number of carboxylic acids is 1.